The molecule has 0 bridgehead atoms. The topological polar surface area (TPSA) is 78.5 Å². The molecule has 0 aromatic heterocycles. The van der Waals surface area contributed by atoms with E-state index in [1.54, 1.807) is 0 Å². The molecule has 0 spiro atoms. The highest BCUT2D eigenvalue weighted by Gasteiger charge is 2.16. The Morgan fingerprint density at radius 3 is 2.15 bits per heavy atom. The van der Waals surface area contributed by atoms with Gasteiger partial charge in [0.25, 0.3) is 5.91 Å². The maximum atomic E-state index is 12.4. The van der Waals surface area contributed by atoms with Crippen LogP contribution in [0.3, 0.4) is 0 Å². The van der Waals surface area contributed by atoms with Gasteiger partial charge in [0.15, 0.2) is 0 Å². The lowest BCUT2D eigenvalue weighted by Crippen LogP contribution is -2.32. The van der Waals surface area contributed by atoms with Gasteiger partial charge in [-0.15, -0.1) is 0 Å². The molecular formula is C20H25N3O3S. The minimum atomic E-state index is -3.50. The van der Waals surface area contributed by atoms with E-state index in [1.165, 1.54) is 49.8 Å². The molecule has 2 aromatic rings. The molecule has 0 saturated carbocycles. The first kappa shape index (κ1) is 19.4. The summed E-state index contributed by atoms with van der Waals surface area (Å²) >= 11 is 0. The highest BCUT2D eigenvalue weighted by molar-refractivity contribution is 7.89. The first-order chi connectivity index (χ1) is 12.9. The Morgan fingerprint density at radius 1 is 1.00 bits per heavy atom. The third kappa shape index (κ3) is 4.67. The van der Waals surface area contributed by atoms with Crippen molar-refractivity contribution >= 4 is 27.3 Å². The molecule has 0 aliphatic carbocycles. The molecule has 0 radical (unpaired) electrons. The molecule has 1 heterocycles. The summed E-state index contributed by atoms with van der Waals surface area (Å²) < 4.78 is 25.7. The van der Waals surface area contributed by atoms with Gasteiger partial charge < -0.3 is 10.2 Å². The number of hydrogen-bond acceptors (Lipinski definition) is 4. The summed E-state index contributed by atoms with van der Waals surface area (Å²) in [5, 5.41) is 2.85. The van der Waals surface area contributed by atoms with Crippen molar-refractivity contribution in [1.29, 1.82) is 0 Å². The second-order valence-corrected chi connectivity index (χ2v) is 8.79. The second kappa shape index (κ2) is 8.10. The summed E-state index contributed by atoms with van der Waals surface area (Å²) in [6, 6.07) is 13.7. The number of benzene rings is 2. The molecule has 1 fully saturated rings. The number of piperidine rings is 1. The van der Waals surface area contributed by atoms with Gasteiger partial charge in [-0.3, -0.25) is 4.79 Å². The van der Waals surface area contributed by atoms with Crippen LogP contribution in [-0.2, 0) is 10.0 Å². The van der Waals surface area contributed by atoms with Crippen molar-refractivity contribution in [2.75, 3.05) is 30.4 Å². The van der Waals surface area contributed by atoms with Crippen LogP contribution in [0.1, 0.15) is 30.1 Å². The molecule has 0 atom stereocenters. The van der Waals surface area contributed by atoms with Gasteiger partial charge in [0.2, 0.25) is 10.0 Å². The van der Waals surface area contributed by atoms with Crippen molar-refractivity contribution in [3.05, 3.63) is 54.1 Å². The Balaban J connectivity index is 1.64. The number of nitrogens with zero attached hydrogens (tertiary/aromatic N) is 1. The predicted octanol–water partition coefficient (Wildman–Crippen LogP) is 3.08. The minimum absolute atomic E-state index is 0.127. The van der Waals surface area contributed by atoms with Crippen molar-refractivity contribution in [2.24, 2.45) is 5.92 Å². The van der Waals surface area contributed by atoms with Crippen LogP contribution in [0.5, 0.6) is 0 Å². The molecule has 6 nitrogen and oxygen atoms in total. The lowest BCUT2D eigenvalue weighted by atomic mass is 9.99. The van der Waals surface area contributed by atoms with Crippen LogP contribution in [0.25, 0.3) is 0 Å². The number of sulfonamides is 1. The Bertz CT molecular complexity index is 885. The van der Waals surface area contributed by atoms with E-state index in [0.717, 1.165) is 19.0 Å². The fraction of sp³-hybridized carbons (Fsp3) is 0.350. The summed E-state index contributed by atoms with van der Waals surface area (Å²) in [4.78, 5) is 14.9. The van der Waals surface area contributed by atoms with E-state index in [2.05, 4.69) is 21.9 Å². The number of carbonyl (C=O) groups is 1. The Labute approximate surface area is 160 Å². The first-order valence-electron chi connectivity index (χ1n) is 9.09. The van der Waals surface area contributed by atoms with Gasteiger partial charge in [0.1, 0.15) is 0 Å². The number of anilines is 2. The number of nitrogens with one attached hydrogen (secondary N) is 2. The third-order valence-corrected chi connectivity index (χ3v) is 6.40. The highest BCUT2D eigenvalue weighted by Crippen LogP contribution is 2.24. The van der Waals surface area contributed by atoms with Crippen LogP contribution < -0.4 is 14.9 Å². The van der Waals surface area contributed by atoms with Crippen LogP contribution in [0.2, 0.25) is 0 Å². The van der Waals surface area contributed by atoms with E-state index in [1.807, 2.05) is 24.3 Å². The van der Waals surface area contributed by atoms with Gasteiger partial charge in [-0.1, -0.05) is 6.92 Å². The van der Waals surface area contributed by atoms with E-state index in [4.69, 9.17) is 0 Å². The molecule has 27 heavy (non-hydrogen) atoms. The van der Waals surface area contributed by atoms with Crippen molar-refractivity contribution in [2.45, 2.75) is 24.7 Å². The van der Waals surface area contributed by atoms with Gasteiger partial charge in [-0.25, -0.2) is 13.1 Å². The van der Waals surface area contributed by atoms with Crippen molar-refractivity contribution < 1.29 is 13.2 Å². The highest BCUT2D eigenvalue weighted by atomic mass is 32.2. The summed E-state index contributed by atoms with van der Waals surface area (Å²) in [6.45, 7) is 4.42. The average molecular weight is 388 g/mol. The van der Waals surface area contributed by atoms with Gasteiger partial charge in [-0.2, -0.15) is 0 Å². The monoisotopic (exact) mass is 387 g/mol. The quantitative estimate of drug-likeness (QED) is 0.826. The van der Waals surface area contributed by atoms with Gasteiger partial charge in [0.05, 0.1) is 4.90 Å². The SMILES string of the molecule is CNS(=O)(=O)c1ccc(C(=O)Nc2ccc(N3CCC(C)CC3)cc2)cc1. The van der Waals surface area contributed by atoms with Crippen molar-refractivity contribution in [3.63, 3.8) is 0 Å². The Morgan fingerprint density at radius 2 is 1.59 bits per heavy atom. The second-order valence-electron chi connectivity index (χ2n) is 6.90. The van der Waals surface area contributed by atoms with Crippen LogP contribution in [-0.4, -0.2) is 34.5 Å². The standard InChI is InChI=1S/C20H25N3O3S/c1-15-11-13-23(14-12-15)18-7-5-17(6-8-18)22-20(24)16-3-9-19(10-4-16)27(25,26)21-2/h3-10,15,21H,11-14H2,1-2H3,(H,22,24). The normalized spacial score (nSPS) is 15.6. The van der Waals surface area contributed by atoms with E-state index < -0.39 is 10.0 Å². The summed E-state index contributed by atoms with van der Waals surface area (Å²) in [5.74, 6) is 0.511. The van der Waals surface area contributed by atoms with Gasteiger partial charge in [-0.05, 0) is 74.3 Å². The van der Waals surface area contributed by atoms with E-state index in [9.17, 15) is 13.2 Å². The molecule has 3 rings (SSSR count). The number of rotatable bonds is 5. The maximum absolute atomic E-state index is 12.4. The molecule has 2 N–H and O–H groups in total. The van der Waals surface area contributed by atoms with Crippen molar-refractivity contribution in [3.8, 4) is 0 Å². The molecular weight excluding hydrogens is 362 g/mol. The fourth-order valence-corrected chi connectivity index (χ4v) is 3.86. The van der Waals surface area contributed by atoms with Gasteiger partial charge >= 0.3 is 0 Å². The van der Waals surface area contributed by atoms with Crippen LogP contribution in [0.15, 0.2) is 53.4 Å². The van der Waals surface area contributed by atoms with Gasteiger partial charge in [0, 0.05) is 30.0 Å². The smallest absolute Gasteiger partial charge is 0.255 e. The predicted molar refractivity (Wildman–Crippen MR) is 108 cm³/mol. The molecule has 2 aromatic carbocycles. The van der Waals surface area contributed by atoms with E-state index >= 15 is 0 Å². The lowest BCUT2D eigenvalue weighted by molar-refractivity contribution is 0.102. The molecule has 144 valence electrons. The molecule has 7 heteroatoms. The minimum Gasteiger partial charge on any atom is -0.372 e. The summed E-state index contributed by atoms with van der Waals surface area (Å²) in [5.41, 5.74) is 2.28. The van der Waals surface area contributed by atoms with E-state index in [0.29, 0.717) is 11.3 Å². The molecule has 1 saturated heterocycles. The van der Waals surface area contributed by atoms with Crippen LogP contribution >= 0.6 is 0 Å². The van der Waals surface area contributed by atoms with Crippen LogP contribution in [0, 0.1) is 5.92 Å². The van der Waals surface area contributed by atoms with Crippen molar-refractivity contribution in [1.82, 2.24) is 4.72 Å². The largest absolute Gasteiger partial charge is 0.372 e. The maximum Gasteiger partial charge on any atom is 0.255 e. The number of hydrogen-bond donors (Lipinski definition) is 2. The third-order valence-electron chi connectivity index (χ3n) is 4.97. The zero-order chi connectivity index (χ0) is 19.4. The summed E-state index contributed by atoms with van der Waals surface area (Å²) in [6.07, 6.45) is 2.41. The van der Waals surface area contributed by atoms with E-state index in [-0.39, 0.29) is 10.8 Å². The molecule has 0 unspecified atom stereocenters. The zero-order valence-corrected chi connectivity index (χ0v) is 16.4. The Hall–Kier alpha value is -2.38. The molecule has 1 aliphatic heterocycles. The van der Waals surface area contributed by atoms with Crippen LogP contribution in [0.4, 0.5) is 11.4 Å². The number of amides is 1. The lowest BCUT2D eigenvalue weighted by Gasteiger charge is -2.32. The first-order valence-corrected chi connectivity index (χ1v) is 10.6. The molecule has 1 aliphatic rings. The zero-order valence-electron chi connectivity index (χ0n) is 15.6. The average Bonchev–Trinajstić information content (AvgIpc) is 2.69. The molecule has 1 amide bonds. The number of carbonyl (C=O) groups excluding carboxylic acids is 1. The Kier molecular flexibility index (Phi) is 5.82. The fourth-order valence-electron chi connectivity index (χ4n) is 3.13. The summed E-state index contributed by atoms with van der Waals surface area (Å²) in [7, 11) is -2.15.